The first-order chi connectivity index (χ1) is 8.31. The van der Waals surface area contributed by atoms with E-state index in [1.165, 1.54) is 12.6 Å². The second-order valence-electron chi connectivity index (χ2n) is 5.74. The number of hydrogen-bond acceptors (Lipinski definition) is 3. The Hall–Kier alpha value is -0.880. The van der Waals surface area contributed by atoms with Crippen LogP contribution in [0.15, 0.2) is 11.2 Å². The van der Waals surface area contributed by atoms with Gasteiger partial charge >= 0.3 is 0 Å². The maximum atomic E-state index is 12.2. The molecule has 0 bridgehead atoms. The van der Waals surface area contributed by atoms with Crippen LogP contribution in [0.2, 0.25) is 0 Å². The molecule has 1 unspecified atom stereocenters. The van der Waals surface area contributed by atoms with Crippen LogP contribution in [0.25, 0.3) is 0 Å². The molecule has 0 saturated heterocycles. The van der Waals surface area contributed by atoms with Gasteiger partial charge in [-0.1, -0.05) is 26.7 Å². The molecular formula is C12H21N3O2S. The number of imidazole rings is 1. The number of sulfonamides is 1. The number of nitrogens with zero attached hydrogens (tertiary/aromatic N) is 1. The van der Waals surface area contributed by atoms with E-state index in [9.17, 15) is 8.42 Å². The van der Waals surface area contributed by atoms with E-state index < -0.39 is 10.0 Å². The molecule has 6 heteroatoms. The average molecular weight is 271 g/mol. The van der Waals surface area contributed by atoms with E-state index in [1.807, 2.05) is 0 Å². The van der Waals surface area contributed by atoms with Crippen molar-refractivity contribution in [1.29, 1.82) is 0 Å². The smallest absolute Gasteiger partial charge is 0.257 e. The number of aryl methyl sites for hydroxylation is 1. The van der Waals surface area contributed by atoms with Crippen LogP contribution in [-0.4, -0.2) is 24.4 Å². The Morgan fingerprint density at radius 2 is 2.17 bits per heavy atom. The number of aromatic amines is 1. The summed E-state index contributed by atoms with van der Waals surface area (Å²) in [5.74, 6) is 0.610. The fourth-order valence-electron chi connectivity index (χ4n) is 2.50. The SMILES string of the molecule is Cc1ncc(S(=O)(=O)NC2CCCCC2(C)C)[nH]1. The summed E-state index contributed by atoms with van der Waals surface area (Å²) in [6.45, 7) is 5.98. The molecule has 0 radical (unpaired) electrons. The van der Waals surface area contributed by atoms with Crippen molar-refractivity contribution in [2.24, 2.45) is 5.41 Å². The molecule has 18 heavy (non-hydrogen) atoms. The molecule has 0 spiro atoms. The monoisotopic (exact) mass is 271 g/mol. The molecule has 1 aliphatic rings. The maximum Gasteiger partial charge on any atom is 0.257 e. The van der Waals surface area contributed by atoms with E-state index in [0.29, 0.717) is 5.82 Å². The molecule has 1 atom stereocenters. The number of hydrogen-bond donors (Lipinski definition) is 2. The van der Waals surface area contributed by atoms with Gasteiger partial charge < -0.3 is 4.98 Å². The second-order valence-corrected chi connectivity index (χ2v) is 7.42. The van der Waals surface area contributed by atoms with E-state index in [1.54, 1.807) is 6.92 Å². The molecule has 0 aromatic carbocycles. The molecule has 1 heterocycles. The van der Waals surface area contributed by atoms with Crippen molar-refractivity contribution in [2.75, 3.05) is 0 Å². The fourth-order valence-corrected chi connectivity index (χ4v) is 3.91. The van der Waals surface area contributed by atoms with Crippen molar-refractivity contribution < 1.29 is 8.42 Å². The van der Waals surface area contributed by atoms with E-state index in [-0.39, 0.29) is 16.5 Å². The standard InChI is InChI=1S/C12H21N3O2S/c1-9-13-8-11(14-9)18(16,17)15-10-6-4-5-7-12(10,2)3/h8,10,15H,4-7H2,1-3H3,(H,13,14). The third-order valence-electron chi connectivity index (χ3n) is 3.77. The molecule has 1 aliphatic carbocycles. The van der Waals surface area contributed by atoms with Crippen LogP contribution in [0.3, 0.4) is 0 Å². The first kappa shape index (κ1) is 13.5. The molecule has 1 aromatic heterocycles. The van der Waals surface area contributed by atoms with Gasteiger partial charge in [-0.3, -0.25) is 0 Å². The van der Waals surface area contributed by atoms with E-state index in [4.69, 9.17) is 0 Å². The van der Waals surface area contributed by atoms with Gasteiger partial charge in [0.05, 0.1) is 6.20 Å². The summed E-state index contributed by atoms with van der Waals surface area (Å²) in [5, 5.41) is 0.154. The Morgan fingerprint density at radius 1 is 1.44 bits per heavy atom. The molecule has 0 amide bonds. The Bertz CT molecular complexity index is 519. The largest absolute Gasteiger partial charge is 0.332 e. The molecule has 0 aliphatic heterocycles. The van der Waals surface area contributed by atoms with Crippen molar-refractivity contribution in [3.8, 4) is 0 Å². The Morgan fingerprint density at radius 3 is 2.72 bits per heavy atom. The van der Waals surface area contributed by atoms with E-state index in [0.717, 1.165) is 19.3 Å². The van der Waals surface area contributed by atoms with Gasteiger partial charge in [-0.25, -0.2) is 18.1 Å². The van der Waals surface area contributed by atoms with Crippen LogP contribution < -0.4 is 4.72 Å². The lowest BCUT2D eigenvalue weighted by atomic mass is 9.74. The maximum absolute atomic E-state index is 12.2. The molecule has 1 aromatic rings. The van der Waals surface area contributed by atoms with Gasteiger partial charge in [0.15, 0.2) is 5.03 Å². The molecule has 102 valence electrons. The van der Waals surface area contributed by atoms with E-state index in [2.05, 4.69) is 28.5 Å². The van der Waals surface area contributed by atoms with E-state index >= 15 is 0 Å². The number of H-pyrrole nitrogens is 1. The lowest BCUT2D eigenvalue weighted by Crippen LogP contribution is -2.46. The summed E-state index contributed by atoms with van der Waals surface area (Å²) < 4.78 is 27.3. The van der Waals surface area contributed by atoms with Gasteiger partial charge in [0.25, 0.3) is 10.0 Å². The van der Waals surface area contributed by atoms with Crippen LogP contribution in [0, 0.1) is 12.3 Å². The Labute approximate surface area is 108 Å². The fraction of sp³-hybridized carbons (Fsp3) is 0.750. The van der Waals surface area contributed by atoms with Gasteiger partial charge in [-0.05, 0) is 25.2 Å². The van der Waals surface area contributed by atoms with Crippen LogP contribution in [-0.2, 0) is 10.0 Å². The third kappa shape index (κ3) is 2.75. The molecule has 1 saturated carbocycles. The first-order valence-corrected chi connectivity index (χ1v) is 7.83. The van der Waals surface area contributed by atoms with Gasteiger partial charge in [-0.15, -0.1) is 0 Å². The zero-order chi connectivity index (χ0) is 13.4. The lowest BCUT2D eigenvalue weighted by Gasteiger charge is -2.38. The molecule has 1 fully saturated rings. The summed E-state index contributed by atoms with van der Waals surface area (Å²) in [6, 6.07) is -0.000133. The minimum atomic E-state index is -3.48. The molecule has 5 nitrogen and oxygen atoms in total. The number of nitrogens with one attached hydrogen (secondary N) is 2. The summed E-state index contributed by atoms with van der Waals surface area (Å²) in [6.07, 6.45) is 5.59. The summed E-state index contributed by atoms with van der Waals surface area (Å²) in [7, 11) is -3.48. The highest BCUT2D eigenvalue weighted by molar-refractivity contribution is 7.89. The van der Waals surface area contributed by atoms with Gasteiger partial charge in [0, 0.05) is 6.04 Å². The molecule has 2 N–H and O–H groups in total. The summed E-state index contributed by atoms with van der Waals surface area (Å²) >= 11 is 0. The molecule has 2 rings (SSSR count). The van der Waals surface area contributed by atoms with Gasteiger partial charge in [0.2, 0.25) is 0 Å². The van der Waals surface area contributed by atoms with Gasteiger partial charge in [0.1, 0.15) is 5.82 Å². The molecular weight excluding hydrogens is 250 g/mol. The normalized spacial score (nSPS) is 24.1. The van der Waals surface area contributed by atoms with Crippen molar-refractivity contribution in [3.63, 3.8) is 0 Å². The highest BCUT2D eigenvalue weighted by Crippen LogP contribution is 2.36. The van der Waals surface area contributed by atoms with Crippen molar-refractivity contribution in [3.05, 3.63) is 12.0 Å². The van der Waals surface area contributed by atoms with Crippen molar-refractivity contribution in [1.82, 2.24) is 14.7 Å². The Kier molecular flexibility index (Phi) is 3.51. The zero-order valence-corrected chi connectivity index (χ0v) is 12.0. The predicted octanol–water partition coefficient (Wildman–Crippen LogP) is 1.97. The van der Waals surface area contributed by atoms with Crippen LogP contribution in [0.1, 0.15) is 45.4 Å². The minimum Gasteiger partial charge on any atom is -0.332 e. The van der Waals surface area contributed by atoms with Crippen LogP contribution in [0.5, 0.6) is 0 Å². The van der Waals surface area contributed by atoms with Crippen molar-refractivity contribution >= 4 is 10.0 Å². The highest BCUT2D eigenvalue weighted by Gasteiger charge is 2.35. The topological polar surface area (TPSA) is 74.8 Å². The third-order valence-corrected chi connectivity index (χ3v) is 5.16. The number of rotatable bonds is 3. The predicted molar refractivity (Wildman–Crippen MR) is 69.7 cm³/mol. The summed E-state index contributed by atoms with van der Waals surface area (Å²) in [4.78, 5) is 6.71. The first-order valence-electron chi connectivity index (χ1n) is 6.35. The zero-order valence-electron chi connectivity index (χ0n) is 11.2. The minimum absolute atomic E-state index is 0.000133. The Balaban J connectivity index is 2.17. The summed E-state index contributed by atoms with van der Waals surface area (Å²) in [5.41, 5.74) is 0.0143. The lowest BCUT2D eigenvalue weighted by molar-refractivity contribution is 0.188. The van der Waals surface area contributed by atoms with Gasteiger partial charge in [-0.2, -0.15) is 0 Å². The van der Waals surface area contributed by atoms with Crippen LogP contribution in [0.4, 0.5) is 0 Å². The quantitative estimate of drug-likeness (QED) is 0.882. The van der Waals surface area contributed by atoms with Crippen LogP contribution >= 0.6 is 0 Å². The average Bonchev–Trinajstić information content (AvgIpc) is 2.69. The number of aromatic nitrogens is 2. The second kappa shape index (κ2) is 4.66. The highest BCUT2D eigenvalue weighted by atomic mass is 32.2. The van der Waals surface area contributed by atoms with Crippen molar-refractivity contribution in [2.45, 2.75) is 57.5 Å².